The standard InChI is InChI=1S/C11H18N4O/c1-2-9-16-10-3-4-13-11(14-10)15-7-5-12-6-8-15/h3-4,12H,2,5-9H2,1H3. The van der Waals surface area contributed by atoms with Crippen molar-refractivity contribution < 1.29 is 4.74 Å². The molecule has 0 aliphatic carbocycles. The Morgan fingerprint density at radius 1 is 1.44 bits per heavy atom. The van der Waals surface area contributed by atoms with Crippen molar-refractivity contribution in [2.24, 2.45) is 0 Å². The van der Waals surface area contributed by atoms with E-state index in [-0.39, 0.29) is 0 Å². The summed E-state index contributed by atoms with van der Waals surface area (Å²) >= 11 is 0. The Balaban J connectivity index is 2.02. The summed E-state index contributed by atoms with van der Waals surface area (Å²) < 4.78 is 5.49. The van der Waals surface area contributed by atoms with Gasteiger partial charge in [0.2, 0.25) is 11.8 Å². The predicted molar refractivity (Wildman–Crippen MR) is 62.9 cm³/mol. The van der Waals surface area contributed by atoms with Gasteiger partial charge in [0.25, 0.3) is 0 Å². The second kappa shape index (κ2) is 5.65. The molecule has 0 radical (unpaired) electrons. The molecule has 1 aliphatic heterocycles. The van der Waals surface area contributed by atoms with Crippen LogP contribution in [0.3, 0.4) is 0 Å². The van der Waals surface area contributed by atoms with Crippen LogP contribution < -0.4 is 15.0 Å². The molecule has 1 aromatic rings. The lowest BCUT2D eigenvalue weighted by atomic mass is 10.4. The van der Waals surface area contributed by atoms with Crippen molar-refractivity contribution in [3.05, 3.63) is 12.3 Å². The number of nitrogens with zero attached hydrogens (tertiary/aromatic N) is 3. The van der Waals surface area contributed by atoms with E-state index in [0.717, 1.165) is 38.5 Å². The zero-order valence-corrected chi connectivity index (χ0v) is 9.65. The van der Waals surface area contributed by atoms with E-state index in [1.54, 1.807) is 12.3 Å². The number of aromatic nitrogens is 2. The molecule has 0 spiro atoms. The minimum absolute atomic E-state index is 0.672. The van der Waals surface area contributed by atoms with E-state index in [0.29, 0.717) is 12.5 Å². The molecule has 1 N–H and O–H groups in total. The average Bonchev–Trinajstić information content (AvgIpc) is 2.38. The fourth-order valence-corrected chi connectivity index (χ4v) is 1.64. The van der Waals surface area contributed by atoms with Gasteiger partial charge < -0.3 is 15.0 Å². The SMILES string of the molecule is CCCOc1ccnc(N2CCNCC2)n1. The number of rotatable bonds is 4. The summed E-state index contributed by atoms with van der Waals surface area (Å²) in [7, 11) is 0. The summed E-state index contributed by atoms with van der Waals surface area (Å²) in [4.78, 5) is 10.9. The summed E-state index contributed by atoms with van der Waals surface area (Å²) in [5.74, 6) is 1.44. The van der Waals surface area contributed by atoms with E-state index < -0.39 is 0 Å². The average molecular weight is 222 g/mol. The predicted octanol–water partition coefficient (Wildman–Crippen LogP) is 0.675. The first-order valence-corrected chi connectivity index (χ1v) is 5.81. The third-order valence-electron chi connectivity index (χ3n) is 2.47. The zero-order chi connectivity index (χ0) is 11.2. The fraction of sp³-hybridized carbons (Fsp3) is 0.636. The van der Waals surface area contributed by atoms with Gasteiger partial charge in [-0.3, -0.25) is 0 Å². The molecule has 0 amide bonds. The highest BCUT2D eigenvalue weighted by Gasteiger charge is 2.13. The highest BCUT2D eigenvalue weighted by atomic mass is 16.5. The minimum atomic E-state index is 0.672. The van der Waals surface area contributed by atoms with Crippen LogP contribution in [0.2, 0.25) is 0 Å². The van der Waals surface area contributed by atoms with Crippen LogP contribution in [0, 0.1) is 0 Å². The second-order valence-corrected chi connectivity index (χ2v) is 3.78. The Bertz CT molecular complexity index is 326. The van der Waals surface area contributed by atoms with Gasteiger partial charge in [0.15, 0.2) is 0 Å². The number of nitrogens with one attached hydrogen (secondary N) is 1. The maximum absolute atomic E-state index is 5.49. The molecule has 5 heteroatoms. The van der Waals surface area contributed by atoms with Gasteiger partial charge >= 0.3 is 0 Å². The van der Waals surface area contributed by atoms with Gasteiger partial charge in [-0.1, -0.05) is 6.92 Å². The molecule has 2 heterocycles. The van der Waals surface area contributed by atoms with Crippen molar-refractivity contribution in [3.8, 4) is 5.88 Å². The number of piperazine rings is 1. The van der Waals surface area contributed by atoms with Crippen molar-refractivity contribution in [1.29, 1.82) is 0 Å². The molecule has 1 aliphatic rings. The van der Waals surface area contributed by atoms with Gasteiger partial charge in [0, 0.05) is 38.4 Å². The molecular weight excluding hydrogens is 204 g/mol. The summed E-state index contributed by atoms with van der Waals surface area (Å²) in [5, 5.41) is 3.30. The van der Waals surface area contributed by atoms with Crippen LogP contribution in [0.4, 0.5) is 5.95 Å². The first-order chi connectivity index (χ1) is 7.90. The molecular formula is C11H18N4O. The molecule has 1 aromatic heterocycles. The van der Waals surface area contributed by atoms with Gasteiger partial charge in [0.1, 0.15) is 0 Å². The second-order valence-electron chi connectivity index (χ2n) is 3.78. The molecule has 1 saturated heterocycles. The minimum Gasteiger partial charge on any atom is -0.478 e. The van der Waals surface area contributed by atoms with Crippen LogP contribution in [0.25, 0.3) is 0 Å². The molecule has 1 fully saturated rings. The lowest BCUT2D eigenvalue weighted by molar-refractivity contribution is 0.304. The molecule has 0 atom stereocenters. The van der Waals surface area contributed by atoms with Gasteiger partial charge in [-0.2, -0.15) is 4.98 Å². The number of hydrogen-bond donors (Lipinski definition) is 1. The molecule has 16 heavy (non-hydrogen) atoms. The van der Waals surface area contributed by atoms with Crippen LogP contribution in [0.1, 0.15) is 13.3 Å². The Morgan fingerprint density at radius 2 is 2.25 bits per heavy atom. The summed E-state index contributed by atoms with van der Waals surface area (Å²) in [6, 6.07) is 1.81. The van der Waals surface area contributed by atoms with Gasteiger partial charge in [-0.05, 0) is 6.42 Å². The van der Waals surface area contributed by atoms with Crippen molar-refractivity contribution in [2.45, 2.75) is 13.3 Å². The van der Waals surface area contributed by atoms with E-state index in [4.69, 9.17) is 4.74 Å². The molecule has 88 valence electrons. The van der Waals surface area contributed by atoms with Crippen molar-refractivity contribution >= 4 is 5.95 Å². The van der Waals surface area contributed by atoms with Gasteiger partial charge in [0.05, 0.1) is 6.61 Å². The smallest absolute Gasteiger partial charge is 0.228 e. The first-order valence-electron chi connectivity index (χ1n) is 5.81. The van der Waals surface area contributed by atoms with Crippen LogP contribution in [-0.4, -0.2) is 42.8 Å². The Labute approximate surface area is 95.8 Å². The lowest BCUT2D eigenvalue weighted by Gasteiger charge is -2.27. The van der Waals surface area contributed by atoms with Crippen LogP contribution in [-0.2, 0) is 0 Å². The number of ether oxygens (including phenoxy) is 1. The summed E-state index contributed by atoms with van der Waals surface area (Å²) in [5.41, 5.74) is 0. The van der Waals surface area contributed by atoms with Crippen molar-refractivity contribution in [2.75, 3.05) is 37.7 Å². The van der Waals surface area contributed by atoms with E-state index in [2.05, 4.69) is 27.1 Å². The fourth-order valence-electron chi connectivity index (χ4n) is 1.64. The number of anilines is 1. The quantitative estimate of drug-likeness (QED) is 0.811. The van der Waals surface area contributed by atoms with Crippen molar-refractivity contribution in [3.63, 3.8) is 0 Å². The topological polar surface area (TPSA) is 50.3 Å². The number of hydrogen-bond acceptors (Lipinski definition) is 5. The molecule has 0 unspecified atom stereocenters. The lowest BCUT2D eigenvalue weighted by Crippen LogP contribution is -2.44. The van der Waals surface area contributed by atoms with Crippen LogP contribution >= 0.6 is 0 Å². The molecule has 5 nitrogen and oxygen atoms in total. The highest BCUT2D eigenvalue weighted by molar-refractivity contribution is 5.32. The zero-order valence-electron chi connectivity index (χ0n) is 9.65. The van der Waals surface area contributed by atoms with Crippen LogP contribution in [0.5, 0.6) is 5.88 Å². The monoisotopic (exact) mass is 222 g/mol. The first kappa shape index (κ1) is 11.1. The van der Waals surface area contributed by atoms with E-state index in [9.17, 15) is 0 Å². The third-order valence-corrected chi connectivity index (χ3v) is 2.47. The van der Waals surface area contributed by atoms with Crippen molar-refractivity contribution in [1.82, 2.24) is 15.3 Å². The van der Waals surface area contributed by atoms with Gasteiger partial charge in [-0.25, -0.2) is 4.98 Å². The molecule has 0 saturated carbocycles. The van der Waals surface area contributed by atoms with Crippen LogP contribution in [0.15, 0.2) is 12.3 Å². The summed E-state index contributed by atoms with van der Waals surface area (Å²) in [6.45, 7) is 6.68. The Morgan fingerprint density at radius 3 is 3.00 bits per heavy atom. The maximum atomic E-state index is 5.49. The Hall–Kier alpha value is -1.36. The Kier molecular flexibility index (Phi) is 3.93. The largest absolute Gasteiger partial charge is 0.478 e. The molecule has 0 bridgehead atoms. The van der Waals surface area contributed by atoms with E-state index >= 15 is 0 Å². The van der Waals surface area contributed by atoms with Gasteiger partial charge in [-0.15, -0.1) is 0 Å². The highest BCUT2D eigenvalue weighted by Crippen LogP contribution is 2.13. The molecule has 2 rings (SSSR count). The molecule has 0 aromatic carbocycles. The summed E-state index contributed by atoms with van der Waals surface area (Å²) in [6.07, 6.45) is 2.75. The normalized spacial score (nSPS) is 16.2. The van der Waals surface area contributed by atoms with E-state index in [1.807, 2.05) is 0 Å². The third kappa shape index (κ3) is 2.82. The maximum Gasteiger partial charge on any atom is 0.228 e. The van der Waals surface area contributed by atoms with E-state index in [1.165, 1.54) is 0 Å².